The summed E-state index contributed by atoms with van der Waals surface area (Å²) in [5, 5.41) is 5.80. The van der Waals surface area contributed by atoms with Crippen LogP contribution in [0.15, 0.2) is 41.8 Å². The summed E-state index contributed by atoms with van der Waals surface area (Å²) in [6.45, 7) is 6.75. The quantitative estimate of drug-likeness (QED) is 0.902. The summed E-state index contributed by atoms with van der Waals surface area (Å²) in [6, 6.07) is 13.7. The molecular formula is C18H24N2S. The Labute approximate surface area is 131 Å². The van der Waals surface area contributed by atoms with Crippen molar-refractivity contribution in [1.82, 2.24) is 10.2 Å². The fourth-order valence-electron chi connectivity index (χ4n) is 3.04. The third kappa shape index (κ3) is 3.94. The van der Waals surface area contributed by atoms with Gasteiger partial charge in [-0.1, -0.05) is 30.3 Å². The molecule has 0 spiro atoms. The largest absolute Gasteiger partial charge is 0.308 e. The smallest absolute Gasteiger partial charge is 0.0386 e. The van der Waals surface area contributed by atoms with Crippen LogP contribution in [0.4, 0.5) is 0 Å². The lowest BCUT2D eigenvalue weighted by atomic mass is 10.0. The predicted octanol–water partition coefficient (Wildman–Crippen LogP) is 3.85. The molecule has 0 aliphatic carbocycles. The Morgan fingerprint density at radius 1 is 1.19 bits per heavy atom. The van der Waals surface area contributed by atoms with E-state index in [4.69, 9.17) is 0 Å². The van der Waals surface area contributed by atoms with Gasteiger partial charge in [0.05, 0.1) is 0 Å². The monoisotopic (exact) mass is 300 g/mol. The first-order chi connectivity index (χ1) is 10.3. The second-order valence-corrected chi connectivity index (χ2v) is 6.82. The van der Waals surface area contributed by atoms with E-state index in [1.165, 1.54) is 29.8 Å². The molecule has 21 heavy (non-hydrogen) atoms. The molecule has 1 unspecified atom stereocenters. The van der Waals surface area contributed by atoms with E-state index in [0.717, 1.165) is 19.6 Å². The van der Waals surface area contributed by atoms with Crippen LogP contribution in [-0.2, 0) is 13.0 Å². The van der Waals surface area contributed by atoms with Crippen molar-refractivity contribution in [2.24, 2.45) is 0 Å². The van der Waals surface area contributed by atoms with Gasteiger partial charge in [-0.15, -0.1) is 11.3 Å². The molecule has 3 heteroatoms. The lowest BCUT2D eigenvalue weighted by Crippen LogP contribution is -2.32. The van der Waals surface area contributed by atoms with Crippen molar-refractivity contribution in [1.29, 1.82) is 0 Å². The second kappa shape index (κ2) is 7.21. The van der Waals surface area contributed by atoms with Crippen LogP contribution >= 0.6 is 11.3 Å². The average molecular weight is 300 g/mol. The molecule has 2 nitrogen and oxygen atoms in total. The minimum absolute atomic E-state index is 0.462. The summed E-state index contributed by atoms with van der Waals surface area (Å²) in [4.78, 5) is 4.01. The lowest BCUT2D eigenvalue weighted by molar-refractivity contribution is 0.266. The Bertz CT molecular complexity index is 550. The average Bonchev–Trinajstić information content (AvgIpc) is 2.95. The first-order valence-corrected chi connectivity index (χ1v) is 8.77. The normalized spacial score (nSPS) is 17.2. The van der Waals surface area contributed by atoms with E-state index in [2.05, 4.69) is 58.9 Å². The summed E-state index contributed by atoms with van der Waals surface area (Å²) in [5.74, 6) is 0. The standard InChI is InChI=1S/C18H24N2S/c1-15(18-9-5-13-21-18)19-10-12-20-11-4-8-16-6-2-3-7-17(16)14-20/h2-3,5-7,9,13,15,19H,4,8,10-12,14H2,1H3. The maximum absolute atomic E-state index is 3.65. The van der Waals surface area contributed by atoms with Crippen molar-refractivity contribution in [3.05, 3.63) is 57.8 Å². The highest BCUT2D eigenvalue weighted by Gasteiger charge is 2.14. The number of fused-ring (bicyclic) bond motifs is 1. The van der Waals surface area contributed by atoms with Crippen LogP contribution in [0.1, 0.15) is 35.4 Å². The number of nitrogens with one attached hydrogen (secondary N) is 1. The van der Waals surface area contributed by atoms with E-state index in [1.54, 1.807) is 5.56 Å². The van der Waals surface area contributed by atoms with E-state index >= 15 is 0 Å². The summed E-state index contributed by atoms with van der Waals surface area (Å²) in [6.07, 6.45) is 2.50. The number of aryl methyl sites for hydroxylation is 1. The maximum atomic E-state index is 3.65. The topological polar surface area (TPSA) is 15.3 Å². The molecule has 2 heterocycles. The van der Waals surface area contributed by atoms with Gasteiger partial charge in [0.25, 0.3) is 0 Å². The van der Waals surface area contributed by atoms with Crippen LogP contribution in [0.5, 0.6) is 0 Å². The zero-order valence-corrected chi connectivity index (χ0v) is 13.5. The fourth-order valence-corrected chi connectivity index (χ4v) is 3.80. The molecule has 0 fully saturated rings. The first-order valence-electron chi connectivity index (χ1n) is 7.89. The summed E-state index contributed by atoms with van der Waals surface area (Å²) in [5.41, 5.74) is 3.06. The van der Waals surface area contributed by atoms with E-state index in [-0.39, 0.29) is 0 Å². The Balaban J connectivity index is 1.50. The molecule has 1 N–H and O–H groups in total. The number of benzene rings is 1. The molecule has 1 aromatic heterocycles. The summed E-state index contributed by atoms with van der Waals surface area (Å²) in [7, 11) is 0. The van der Waals surface area contributed by atoms with Crippen LogP contribution in [-0.4, -0.2) is 24.5 Å². The predicted molar refractivity (Wildman–Crippen MR) is 90.8 cm³/mol. The van der Waals surface area contributed by atoms with Crippen molar-refractivity contribution in [2.45, 2.75) is 32.4 Å². The number of hydrogen-bond acceptors (Lipinski definition) is 3. The minimum atomic E-state index is 0.462. The molecular weight excluding hydrogens is 276 g/mol. The van der Waals surface area contributed by atoms with Gasteiger partial charge in [0.1, 0.15) is 0 Å². The van der Waals surface area contributed by atoms with Gasteiger partial charge in [-0.25, -0.2) is 0 Å². The van der Waals surface area contributed by atoms with Gasteiger partial charge >= 0.3 is 0 Å². The number of thiophene rings is 1. The molecule has 1 aliphatic rings. The number of rotatable bonds is 5. The van der Waals surface area contributed by atoms with E-state index in [1.807, 2.05) is 11.3 Å². The molecule has 0 amide bonds. The van der Waals surface area contributed by atoms with Crippen LogP contribution in [0, 0.1) is 0 Å². The molecule has 1 aromatic carbocycles. The van der Waals surface area contributed by atoms with Gasteiger partial charge in [-0.05, 0) is 48.9 Å². The molecule has 0 radical (unpaired) electrons. The van der Waals surface area contributed by atoms with E-state index in [9.17, 15) is 0 Å². The van der Waals surface area contributed by atoms with Gasteiger partial charge in [0, 0.05) is 30.6 Å². The van der Waals surface area contributed by atoms with Crippen molar-refractivity contribution >= 4 is 11.3 Å². The third-order valence-corrected chi connectivity index (χ3v) is 5.34. The molecule has 1 aliphatic heterocycles. The van der Waals surface area contributed by atoms with Crippen molar-refractivity contribution in [3.63, 3.8) is 0 Å². The third-order valence-electron chi connectivity index (χ3n) is 4.28. The van der Waals surface area contributed by atoms with Gasteiger partial charge in [0.2, 0.25) is 0 Å². The van der Waals surface area contributed by atoms with Crippen molar-refractivity contribution in [2.75, 3.05) is 19.6 Å². The molecule has 112 valence electrons. The summed E-state index contributed by atoms with van der Waals surface area (Å²) >= 11 is 1.83. The van der Waals surface area contributed by atoms with Crippen LogP contribution in [0.25, 0.3) is 0 Å². The molecule has 0 bridgehead atoms. The Morgan fingerprint density at radius 3 is 2.86 bits per heavy atom. The highest BCUT2D eigenvalue weighted by Crippen LogP contribution is 2.19. The minimum Gasteiger partial charge on any atom is -0.308 e. The van der Waals surface area contributed by atoms with Gasteiger partial charge < -0.3 is 5.32 Å². The summed E-state index contributed by atoms with van der Waals surface area (Å²) < 4.78 is 0. The Hall–Kier alpha value is -1.16. The van der Waals surface area contributed by atoms with E-state index in [0.29, 0.717) is 6.04 Å². The highest BCUT2D eigenvalue weighted by molar-refractivity contribution is 7.10. The van der Waals surface area contributed by atoms with Crippen LogP contribution in [0.3, 0.4) is 0 Å². The van der Waals surface area contributed by atoms with Crippen molar-refractivity contribution in [3.8, 4) is 0 Å². The highest BCUT2D eigenvalue weighted by atomic mass is 32.1. The number of nitrogens with zero attached hydrogens (tertiary/aromatic N) is 1. The van der Waals surface area contributed by atoms with E-state index < -0.39 is 0 Å². The molecule has 3 rings (SSSR count). The molecule has 2 aromatic rings. The van der Waals surface area contributed by atoms with Gasteiger partial charge in [-0.2, -0.15) is 0 Å². The lowest BCUT2D eigenvalue weighted by Gasteiger charge is -2.22. The van der Waals surface area contributed by atoms with Gasteiger partial charge in [-0.3, -0.25) is 4.90 Å². The fraction of sp³-hybridized carbons (Fsp3) is 0.444. The zero-order valence-electron chi connectivity index (χ0n) is 12.7. The molecule has 0 saturated carbocycles. The zero-order chi connectivity index (χ0) is 14.5. The SMILES string of the molecule is CC(NCCN1CCCc2ccccc2C1)c1cccs1. The van der Waals surface area contributed by atoms with Crippen LogP contribution in [0.2, 0.25) is 0 Å². The Kier molecular flexibility index (Phi) is 5.07. The van der Waals surface area contributed by atoms with Gasteiger partial charge in [0.15, 0.2) is 0 Å². The van der Waals surface area contributed by atoms with Crippen LogP contribution < -0.4 is 5.32 Å². The maximum Gasteiger partial charge on any atom is 0.0386 e. The number of hydrogen-bond donors (Lipinski definition) is 1. The van der Waals surface area contributed by atoms with Crippen molar-refractivity contribution < 1.29 is 0 Å². The molecule has 1 atom stereocenters. The second-order valence-electron chi connectivity index (χ2n) is 5.84. The Morgan fingerprint density at radius 2 is 2.05 bits per heavy atom. The molecule has 0 saturated heterocycles. The first kappa shape index (κ1) is 14.8.